The van der Waals surface area contributed by atoms with Gasteiger partial charge < -0.3 is 14.9 Å². The third kappa shape index (κ3) is 1.99. The highest BCUT2D eigenvalue weighted by molar-refractivity contribution is 6.32. The van der Waals surface area contributed by atoms with E-state index in [4.69, 9.17) is 21.4 Å². The highest BCUT2D eigenvalue weighted by Gasteiger charge is 2.22. The fourth-order valence-electron chi connectivity index (χ4n) is 1.34. The number of carboxylic acids is 1. The van der Waals surface area contributed by atoms with Crippen molar-refractivity contribution in [3.8, 4) is 11.5 Å². The molecule has 0 saturated carbocycles. The number of aromatic carboxylic acids is 1. The van der Waals surface area contributed by atoms with Crippen LogP contribution >= 0.6 is 11.6 Å². The number of hydrogen-bond acceptors (Lipinski definition) is 3. The summed E-state index contributed by atoms with van der Waals surface area (Å²) in [4.78, 5) is 10.9. The van der Waals surface area contributed by atoms with Crippen molar-refractivity contribution >= 4 is 17.6 Å². The van der Waals surface area contributed by atoms with E-state index in [1.54, 1.807) is 6.92 Å². The normalized spacial score (nSPS) is 10.1. The molecule has 0 aromatic heterocycles. The average Bonchev–Trinajstić information content (AvgIpc) is 2.19. The minimum absolute atomic E-state index is 0.0149. The van der Waals surface area contributed by atoms with Gasteiger partial charge in [0.15, 0.2) is 5.75 Å². The Kier molecular flexibility index (Phi) is 3.42. The first-order valence-corrected chi connectivity index (χ1v) is 4.72. The minimum atomic E-state index is -1.26. The van der Waals surface area contributed by atoms with Gasteiger partial charge in [0.05, 0.1) is 12.1 Å². The van der Waals surface area contributed by atoms with E-state index in [0.717, 1.165) is 0 Å². The molecule has 5 heteroatoms. The van der Waals surface area contributed by atoms with Gasteiger partial charge in [-0.15, -0.1) is 0 Å². The van der Waals surface area contributed by atoms with E-state index in [-0.39, 0.29) is 22.1 Å². The summed E-state index contributed by atoms with van der Waals surface area (Å²) in [6.45, 7) is 1.80. The van der Waals surface area contributed by atoms with Crippen LogP contribution in [0.15, 0.2) is 6.07 Å². The van der Waals surface area contributed by atoms with Gasteiger partial charge in [-0.2, -0.15) is 0 Å². The molecule has 0 fully saturated rings. The molecule has 0 aliphatic carbocycles. The second kappa shape index (κ2) is 4.40. The Morgan fingerprint density at radius 1 is 1.60 bits per heavy atom. The predicted octanol–water partition coefficient (Wildman–Crippen LogP) is 2.31. The largest absolute Gasteiger partial charge is 0.507 e. The van der Waals surface area contributed by atoms with Gasteiger partial charge in [-0.3, -0.25) is 0 Å². The molecule has 0 aliphatic heterocycles. The lowest BCUT2D eigenvalue weighted by molar-refractivity contribution is 0.0690. The molecule has 0 spiro atoms. The summed E-state index contributed by atoms with van der Waals surface area (Å²) in [5.41, 5.74) is 0.194. The van der Waals surface area contributed by atoms with Crippen LogP contribution in [-0.2, 0) is 6.42 Å². The number of carbonyl (C=O) groups is 1. The van der Waals surface area contributed by atoms with Crippen molar-refractivity contribution in [3.05, 3.63) is 22.2 Å². The molecule has 1 aromatic rings. The topological polar surface area (TPSA) is 66.8 Å². The van der Waals surface area contributed by atoms with Crippen molar-refractivity contribution in [3.63, 3.8) is 0 Å². The maximum absolute atomic E-state index is 10.9. The number of phenols is 1. The second-order valence-electron chi connectivity index (χ2n) is 2.93. The maximum atomic E-state index is 10.9. The van der Waals surface area contributed by atoms with E-state index in [0.29, 0.717) is 12.0 Å². The number of aryl methyl sites for hydroxylation is 1. The van der Waals surface area contributed by atoms with E-state index in [1.807, 2.05) is 0 Å². The Morgan fingerprint density at radius 2 is 2.20 bits per heavy atom. The van der Waals surface area contributed by atoms with Crippen LogP contribution in [0, 0.1) is 0 Å². The van der Waals surface area contributed by atoms with Crippen molar-refractivity contribution in [2.45, 2.75) is 13.3 Å². The molecule has 4 nitrogen and oxygen atoms in total. The standard InChI is InChI=1S/C10H11ClO4/c1-3-5-4-6(11)9(15-2)7(8(5)12)10(13)14/h4,12H,3H2,1-2H3,(H,13,14). The second-order valence-corrected chi connectivity index (χ2v) is 3.34. The monoisotopic (exact) mass is 230 g/mol. The van der Waals surface area contributed by atoms with Gasteiger partial charge in [-0.25, -0.2) is 4.79 Å². The van der Waals surface area contributed by atoms with Crippen LogP contribution < -0.4 is 4.74 Å². The third-order valence-electron chi connectivity index (χ3n) is 2.08. The Bertz CT molecular complexity index is 401. The van der Waals surface area contributed by atoms with E-state index in [9.17, 15) is 9.90 Å². The SMILES string of the molecule is CCc1cc(Cl)c(OC)c(C(=O)O)c1O. The van der Waals surface area contributed by atoms with Crippen molar-refractivity contribution in [1.29, 1.82) is 0 Å². The van der Waals surface area contributed by atoms with Crippen LogP contribution in [0.25, 0.3) is 0 Å². The number of hydrogen-bond donors (Lipinski definition) is 2. The molecule has 1 aromatic carbocycles. The Balaban J connectivity index is 3.55. The van der Waals surface area contributed by atoms with Gasteiger partial charge in [-0.05, 0) is 18.1 Å². The Hall–Kier alpha value is -1.42. The number of benzene rings is 1. The highest BCUT2D eigenvalue weighted by Crippen LogP contribution is 2.37. The lowest BCUT2D eigenvalue weighted by atomic mass is 10.1. The average molecular weight is 231 g/mol. The van der Waals surface area contributed by atoms with Crippen molar-refractivity contribution in [2.75, 3.05) is 7.11 Å². The summed E-state index contributed by atoms with van der Waals surface area (Å²) in [6, 6.07) is 1.50. The maximum Gasteiger partial charge on any atom is 0.343 e. The lowest BCUT2D eigenvalue weighted by Crippen LogP contribution is -2.03. The number of rotatable bonds is 3. The van der Waals surface area contributed by atoms with Gasteiger partial charge in [0.25, 0.3) is 0 Å². The van der Waals surface area contributed by atoms with Crippen molar-refractivity contribution in [2.24, 2.45) is 0 Å². The fourth-order valence-corrected chi connectivity index (χ4v) is 1.65. The van der Waals surface area contributed by atoms with Gasteiger partial charge in [-0.1, -0.05) is 18.5 Å². The summed E-state index contributed by atoms with van der Waals surface area (Å²) in [7, 11) is 1.30. The molecule has 0 amide bonds. The number of aromatic hydroxyl groups is 1. The predicted molar refractivity (Wildman–Crippen MR) is 56.0 cm³/mol. The third-order valence-corrected chi connectivity index (χ3v) is 2.37. The lowest BCUT2D eigenvalue weighted by Gasteiger charge is -2.11. The number of carboxylic acid groups (broad SMARTS) is 1. The molecule has 0 saturated heterocycles. The molecule has 1 rings (SSSR count). The zero-order valence-corrected chi connectivity index (χ0v) is 9.13. The molecule has 15 heavy (non-hydrogen) atoms. The summed E-state index contributed by atoms with van der Waals surface area (Å²) in [5.74, 6) is -1.56. The minimum Gasteiger partial charge on any atom is -0.507 e. The quantitative estimate of drug-likeness (QED) is 0.836. The summed E-state index contributed by atoms with van der Waals surface area (Å²) >= 11 is 5.83. The van der Waals surface area contributed by atoms with E-state index < -0.39 is 5.97 Å². The van der Waals surface area contributed by atoms with Gasteiger partial charge in [0.1, 0.15) is 11.3 Å². The first-order chi connectivity index (χ1) is 7.02. The van der Waals surface area contributed by atoms with Crippen LogP contribution in [-0.4, -0.2) is 23.3 Å². The van der Waals surface area contributed by atoms with Crippen LogP contribution in [0.1, 0.15) is 22.8 Å². The van der Waals surface area contributed by atoms with Crippen LogP contribution in [0.2, 0.25) is 5.02 Å². The Labute approximate surface area is 92.1 Å². The number of halogens is 1. The smallest absolute Gasteiger partial charge is 0.343 e. The molecule has 2 N–H and O–H groups in total. The zero-order valence-electron chi connectivity index (χ0n) is 8.37. The van der Waals surface area contributed by atoms with Crippen LogP contribution in [0.5, 0.6) is 11.5 Å². The molecular formula is C10H11ClO4. The van der Waals surface area contributed by atoms with E-state index in [2.05, 4.69) is 0 Å². The molecule has 0 unspecified atom stereocenters. The van der Waals surface area contributed by atoms with Crippen molar-refractivity contribution in [1.82, 2.24) is 0 Å². The van der Waals surface area contributed by atoms with E-state index >= 15 is 0 Å². The highest BCUT2D eigenvalue weighted by atomic mass is 35.5. The molecule has 0 heterocycles. The zero-order chi connectivity index (χ0) is 11.6. The number of ether oxygens (including phenoxy) is 1. The number of methoxy groups -OCH3 is 1. The molecule has 0 radical (unpaired) electrons. The summed E-state index contributed by atoms with van der Waals surface area (Å²) in [6.07, 6.45) is 0.496. The fraction of sp³-hybridized carbons (Fsp3) is 0.300. The molecule has 0 bridgehead atoms. The molecule has 0 atom stereocenters. The molecule has 0 aliphatic rings. The first kappa shape index (κ1) is 11.7. The van der Waals surface area contributed by atoms with Gasteiger partial charge >= 0.3 is 5.97 Å². The van der Waals surface area contributed by atoms with Crippen molar-refractivity contribution < 1.29 is 19.7 Å². The molecule has 82 valence electrons. The van der Waals surface area contributed by atoms with Gasteiger partial charge in [0.2, 0.25) is 0 Å². The summed E-state index contributed by atoms with van der Waals surface area (Å²) in [5, 5.41) is 18.8. The first-order valence-electron chi connectivity index (χ1n) is 4.34. The van der Waals surface area contributed by atoms with E-state index in [1.165, 1.54) is 13.2 Å². The summed E-state index contributed by atoms with van der Waals surface area (Å²) < 4.78 is 4.84. The van der Waals surface area contributed by atoms with Crippen LogP contribution in [0.4, 0.5) is 0 Å². The van der Waals surface area contributed by atoms with Gasteiger partial charge in [0, 0.05) is 0 Å². The van der Waals surface area contributed by atoms with Crippen LogP contribution in [0.3, 0.4) is 0 Å². The Morgan fingerprint density at radius 3 is 2.60 bits per heavy atom. The molecular weight excluding hydrogens is 220 g/mol.